The highest BCUT2D eigenvalue weighted by atomic mass is 16.7. The predicted molar refractivity (Wildman–Crippen MR) is 106 cm³/mol. The Morgan fingerprint density at radius 2 is 2.00 bits per heavy atom. The molecule has 0 bridgehead atoms. The van der Waals surface area contributed by atoms with Gasteiger partial charge in [-0.3, -0.25) is 4.98 Å². The van der Waals surface area contributed by atoms with E-state index < -0.39 is 43.4 Å². The van der Waals surface area contributed by atoms with Gasteiger partial charge >= 0.3 is 6.09 Å². The monoisotopic (exact) mass is 421 g/mol. The van der Waals surface area contributed by atoms with E-state index in [1.807, 2.05) is 30.3 Å². The summed E-state index contributed by atoms with van der Waals surface area (Å²) < 4.78 is 15.4. The van der Waals surface area contributed by atoms with Gasteiger partial charge in [-0.15, -0.1) is 0 Å². The van der Waals surface area contributed by atoms with Crippen molar-refractivity contribution in [2.75, 3.05) is 26.8 Å². The molecule has 10 heteroatoms. The number of methoxy groups -OCH3 is 1. The van der Waals surface area contributed by atoms with Crippen molar-refractivity contribution >= 4 is 17.0 Å². The molecular weight excluding hydrogens is 394 g/mol. The van der Waals surface area contributed by atoms with E-state index in [4.69, 9.17) is 14.2 Å². The first-order valence-electron chi connectivity index (χ1n) is 9.68. The van der Waals surface area contributed by atoms with E-state index >= 15 is 0 Å². The largest absolute Gasteiger partial charge is 0.440 e. The molecule has 0 aliphatic carbocycles. The number of rotatable bonds is 8. The molecule has 5 N–H and O–H groups in total. The second kappa shape index (κ2) is 10.6. The van der Waals surface area contributed by atoms with E-state index in [0.29, 0.717) is 13.1 Å². The van der Waals surface area contributed by atoms with Gasteiger partial charge in [-0.05, 0) is 17.7 Å². The number of aliphatic hydroxyl groups excluding tert-OH is 3. The minimum Gasteiger partial charge on any atom is -0.440 e. The molecule has 1 aromatic heterocycles. The summed E-state index contributed by atoms with van der Waals surface area (Å²) >= 11 is 0. The Bertz CT molecular complexity index is 830. The quantitative estimate of drug-likeness (QED) is 0.357. The van der Waals surface area contributed by atoms with Crippen LogP contribution in [-0.4, -0.2) is 83.9 Å². The van der Waals surface area contributed by atoms with Crippen molar-refractivity contribution in [1.29, 1.82) is 0 Å². The first-order chi connectivity index (χ1) is 14.5. The van der Waals surface area contributed by atoms with Crippen molar-refractivity contribution in [3.63, 3.8) is 0 Å². The number of hydrogen-bond acceptors (Lipinski definition) is 9. The van der Waals surface area contributed by atoms with E-state index in [2.05, 4.69) is 15.6 Å². The van der Waals surface area contributed by atoms with Crippen LogP contribution in [0, 0.1) is 0 Å². The highest BCUT2D eigenvalue weighted by Gasteiger charge is 2.46. The molecule has 1 amide bonds. The number of pyridine rings is 1. The maximum absolute atomic E-state index is 12.1. The molecule has 2 aromatic rings. The summed E-state index contributed by atoms with van der Waals surface area (Å²) in [4.78, 5) is 16.4. The van der Waals surface area contributed by atoms with Crippen LogP contribution in [0.3, 0.4) is 0 Å². The summed E-state index contributed by atoms with van der Waals surface area (Å²) in [5, 5.41) is 36.4. The molecule has 164 valence electrons. The van der Waals surface area contributed by atoms with Gasteiger partial charge in [0, 0.05) is 38.3 Å². The highest BCUT2D eigenvalue weighted by molar-refractivity contribution is 5.81. The van der Waals surface area contributed by atoms with Crippen LogP contribution >= 0.6 is 0 Å². The van der Waals surface area contributed by atoms with Crippen LogP contribution in [0.4, 0.5) is 4.79 Å². The number of fused-ring (bicyclic) bond motifs is 1. The van der Waals surface area contributed by atoms with Crippen molar-refractivity contribution < 1.29 is 34.3 Å². The smallest absolute Gasteiger partial charge is 0.407 e. The van der Waals surface area contributed by atoms with Gasteiger partial charge in [-0.2, -0.15) is 0 Å². The summed E-state index contributed by atoms with van der Waals surface area (Å²) in [5.74, 6) is 0. The van der Waals surface area contributed by atoms with Crippen LogP contribution in [0.2, 0.25) is 0 Å². The first kappa shape index (κ1) is 22.3. The lowest BCUT2D eigenvalue weighted by molar-refractivity contribution is -0.293. The van der Waals surface area contributed by atoms with Crippen LogP contribution in [-0.2, 0) is 20.8 Å². The van der Waals surface area contributed by atoms with Crippen molar-refractivity contribution in [3.05, 3.63) is 42.1 Å². The molecule has 0 saturated carbocycles. The van der Waals surface area contributed by atoms with Crippen LogP contribution < -0.4 is 10.6 Å². The fourth-order valence-corrected chi connectivity index (χ4v) is 3.34. The number of nitrogens with one attached hydrogen (secondary N) is 2. The van der Waals surface area contributed by atoms with Crippen molar-refractivity contribution in [1.82, 2.24) is 15.6 Å². The zero-order valence-electron chi connectivity index (χ0n) is 16.6. The number of nitrogens with zero attached hydrogens (tertiary/aromatic N) is 1. The SMILES string of the molecule is CO[C@@H]1OC(CO)[C@H](OC(=O)NCCNCc2ccnc3ccccc23)[C@H](O)[C@@H]1O. The molecule has 1 fully saturated rings. The molecule has 0 spiro atoms. The van der Waals surface area contributed by atoms with Crippen LogP contribution in [0.1, 0.15) is 5.56 Å². The van der Waals surface area contributed by atoms with Crippen LogP contribution in [0.25, 0.3) is 10.9 Å². The Balaban J connectivity index is 1.43. The molecule has 0 radical (unpaired) electrons. The summed E-state index contributed by atoms with van der Waals surface area (Å²) in [6.07, 6.45) is -5.26. The van der Waals surface area contributed by atoms with E-state index in [9.17, 15) is 20.1 Å². The van der Waals surface area contributed by atoms with E-state index in [1.165, 1.54) is 7.11 Å². The normalized spacial score (nSPS) is 26.5. The number of para-hydroxylation sites is 1. The minimum absolute atomic E-state index is 0.276. The Kier molecular flexibility index (Phi) is 7.91. The molecule has 5 atom stereocenters. The molecule has 30 heavy (non-hydrogen) atoms. The third-order valence-electron chi connectivity index (χ3n) is 4.92. The average molecular weight is 421 g/mol. The van der Waals surface area contributed by atoms with Gasteiger partial charge in [-0.1, -0.05) is 18.2 Å². The predicted octanol–water partition coefficient (Wildman–Crippen LogP) is -0.495. The number of carbonyl (C=O) groups excluding carboxylic acids is 1. The van der Waals surface area contributed by atoms with E-state index in [0.717, 1.165) is 16.5 Å². The molecule has 10 nitrogen and oxygen atoms in total. The third kappa shape index (κ3) is 5.22. The number of amides is 1. The molecule has 1 aliphatic rings. The number of aliphatic hydroxyl groups is 3. The molecule has 1 aromatic carbocycles. The van der Waals surface area contributed by atoms with Crippen LogP contribution in [0.15, 0.2) is 36.5 Å². The Labute approximate surface area is 173 Å². The van der Waals surface area contributed by atoms with Gasteiger partial charge in [0.15, 0.2) is 12.4 Å². The second-order valence-electron chi connectivity index (χ2n) is 6.90. The third-order valence-corrected chi connectivity index (χ3v) is 4.92. The lowest BCUT2D eigenvalue weighted by Crippen LogP contribution is -2.60. The number of hydrogen-bond donors (Lipinski definition) is 5. The molecule has 1 saturated heterocycles. The van der Waals surface area contributed by atoms with Gasteiger partial charge in [0.25, 0.3) is 0 Å². The average Bonchev–Trinajstić information content (AvgIpc) is 2.77. The summed E-state index contributed by atoms with van der Waals surface area (Å²) in [7, 11) is 1.30. The van der Waals surface area contributed by atoms with Gasteiger partial charge in [0.05, 0.1) is 12.1 Å². The van der Waals surface area contributed by atoms with E-state index in [-0.39, 0.29) is 6.54 Å². The van der Waals surface area contributed by atoms with E-state index in [1.54, 1.807) is 6.20 Å². The molecule has 3 rings (SSSR count). The van der Waals surface area contributed by atoms with Gasteiger partial charge in [-0.25, -0.2) is 4.79 Å². The fourth-order valence-electron chi connectivity index (χ4n) is 3.34. The fraction of sp³-hybridized carbons (Fsp3) is 0.500. The summed E-state index contributed by atoms with van der Waals surface area (Å²) in [5.41, 5.74) is 2.02. The molecule has 2 heterocycles. The minimum atomic E-state index is -1.45. The zero-order valence-corrected chi connectivity index (χ0v) is 16.6. The Hall–Kier alpha value is -2.34. The number of alkyl carbamates (subject to hydrolysis) is 1. The number of aromatic nitrogens is 1. The van der Waals surface area contributed by atoms with Crippen molar-refractivity contribution in [2.24, 2.45) is 0 Å². The van der Waals surface area contributed by atoms with Gasteiger partial charge in [0.2, 0.25) is 0 Å². The Morgan fingerprint density at radius 1 is 1.20 bits per heavy atom. The maximum Gasteiger partial charge on any atom is 0.407 e. The Morgan fingerprint density at radius 3 is 2.77 bits per heavy atom. The lowest BCUT2D eigenvalue weighted by Gasteiger charge is -2.40. The molecule has 1 aliphatic heterocycles. The second-order valence-corrected chi connectivity index (χ2v) is 6.90. The number of benzene rings is 1. The number of ether oxygens (including phenoxy) is 3. The highest BCUT2D eigenvalue weighted by Crippen LogP contribution is 2.24. The zero-order chi connectivity index (χ0) is 21.5. The van der Waals surface area contributed by atoms with Gasteiger partial charge in [0.1, 0.15) is 18.3 Å². The van der Waals surface area contributed by atoms with Crippen LogP contribution in [0.5, 0.6) is 0 Å². The molecule has 1 unspecified atom stereocenters. The molecular formula is C20H27N3O7. The van der Waals surface area contributed by atoms with Gasteiger partial charge < -0.3 is 40.2 Å². The summed E-state index contributed by atoms with van der Waals surface area (Å²) in [6.45, 7) is 0.848. The standard InChI is InChI=1S/C20H27N3O7/c1-28-19-17(26)16(25)18(15(11-24)29-19)30-20(27)23-9-8-21-10-12-6-7-22-14-5-3-2-4-13(12)14/h2-7,15-19,21,24-26H,8-11H2,1H3,(H,23,27)/t15?,16-,17+,18+,19-/m1/s1. The number of carbonyl (C=O) groups is 1. The lowest BCUT2D eigenvalue weighted by atomic mass is 9.99. The van der Waals surface area contributed by atoms with Crippen molar-refractivity contribution in [2.45, 2.75) is 37.3 Å². The topological polar surface area (TPSA) is 142 Å². The maximum atomic E-state index is 12.1. The van der Waals surface area contributed by atoms with Crippen molar-refractivity contribution in [3.8, 4) is 0 Å². The summed E-state index contributed by atoms with van der Waals surface area (Å²) in [6, 6.07) is 9.79. The first-order valence-corrected chi connectivity index (χ1v) is 9.68.